The van der Waals surface area contributed by atoms with Crippen molar-refractivity contribution in [2.75, 3.05) is 36.4 Å². The van der Waals surface area contributed by atoms with E-state index in [1.54, 1.807) is 10.7 Å². The van der Waals surface area contributed by atoms with Crippen LogP contribution in [0.4, 0.5) is 11.6 Å². The summed E-state index contributed by atoms with van der Waals surface area (Å²) >= 11 is 6.24. The van der Waals surface area contributed by atoms with Crippen molar-refractivity contribution in [1.29, 1.82) is 0 Å². The first-order valence-corrected chi connectivity index (χ1v) is 11.7. The van der Waals surface area contributed by atoms with Crippen molar-refractivity contribution in [1.82, 2.24) is 29.7 Å². The SMILES string of the molecule is O=C(CCc1nnc2ccc(NCc3ccccc3Cl)nn12)N1CCN(c2ccccn2)CC1. The second kappa shape index (κ2) is 10.0. The van der Waals surface area contributed by atoms with Crippen LogP contribution < -0.4 is 10.2 Å². The van der Waals surface area contributed by atoms with Gasteiger partial charge in [-0.05, 0) is 35.9 Å². The number of nitrogens with zero attached hydrogens (tertiary/aromatic N) is 7. The van der Waals surface area contributed by atoms with Crippen LogP contribution in [0, 0.1) is 0 Å². The summed E-state index contributed by atoms with van der Waals surface area (Å²) in [7, 11) is 0. The Morgan fingerprint density at radius 3 is 2.59 bits per heavy atom. The molecule has 0 bridgehead atoms. The first-order chi connectivity index (χ1) is 16.7. The number of aryl methyl sites for hydroxylation is 1. The third-order valence-corrected chi connectivity index (χ3v) is 6.28. The second-order valence-corrected chi connectivity index (χ2v) is 8.51. The average Bonchev–Trinajstić information content (AvgIpc) is 3.29. The van der Waals surface area contributed by atoms with Crippen LogP contribution in [0.3, 0.4) is 0 Å². The molecule has 1 aromatic carbocycles. The van der Waals surface area contributed by atoms with Gasteiger partial charge in [0.1, 0.15) is 11.6 Å². The number of nitrogens with one attached hydrogen (secondary N) is 1. The predicted molar refractivity (Wildman–Crippen MR) is 131 cm³/mol. The van der Waals surface area contributed by atoms with Gasteiger partial charge in [-0.1, -0.05) is 35.9 Å². The molecule has 10 heteroatoms. The highest BCUT2D eigenvalue weighted by Crippen LogP contribution is 2.17. The third-order valence-electron chi connectivity index (χ3n) is 5.91. The lowest BCUT2D eigenvalue weighted by Crippen LogP contribution is -2.49. The van der Waals surface area contributed by atoms with Gasteiger partial charge >= 0.3 is 0 Å². The van der Waals surface area contributed by atoms with Crippen LogP contribution in [-0.4, -0.2) is 61.8 Å². The maximum absolute atomic E-state index is 12.8. The Bertz CT molecular complexity index is 1270. The summed E-state index contributed by atoms with van der Waals surface area (Å²) in [5.74, 6) is 2.42. The van der Waals surface area contributed by atoms with Crippen LogP contribution in [0.1, 0.15) is 17.8 Å². The zero-order valence-electron chi connectivity index (χ0n) is 18.6. The molecule has 0 radical (unpaired) electrons. The Morgan fingerprint density at radius 2 is 1.79 bits per heavy atom. The van der Waals surface area contributed by atoms with Crippen molar-refractivity contribution >= 4 is 34.8 Å². The highest BCUT2D eigenvalue weighted by atomic mass is 35.5. The number of piperazine rings is 1. The number of halogens is 1. The first-order valence-electron chi connectivity index (χ1n) is 11.3. The predicted octanol–water partition coefficient (Wildman–Crippen LogP) is 3.07. The second-order valence-electron chi connectivity index (χ2n) is 8.11. The molecule has 9 nitrogen and oxygen atoms in total. The number of hydrogen-bond donors (Lipinski definition) is 1. The van der Waals surface area contributed by atoms with Crippen LogP contribution in [0.5, 0.6) is 0 Å². The largest absolute Gasteiger partial charge is 0.364 e. The first kappa shape index (κ1) is 22.1. The zero-order valence-corrected chi connectivity index (χ0v) is 19.4. The molecule has 1 aliphatic rings. The van der Waals surface area contributed by atoms with Gasteiger partial charge in [-0.2, -0.15) is 4.52 Å². The fourth-order valence-corrected chi connectivity index (χ4v) is 4.22. The minimum atomic E-state index is 0.116. The smallest absolute Gasteiger partial charge is 0.223 e. The Balaban J connectivity index is 1.17. The number of rotatable bonds is 7. The molecule has 1 fully saturated rings. The third kappa shape index (κ3) is 4.94. The van der Waals surface area contributed by atoms with E-state index in [9.17, 15) is 4.79 Å². The monoisotopic (exact) mass is 476 g/mol. The van der Waals surface area contributed by atoms with Crippen LogP contribution in [-0.2, 0) is 17.8 Å². The Kier molecular flexibility index (Phi) is 6.53. The molecule has 174 valence electrons. The molecule has 0 atom stereocenters. The number of benzene rings is 1. The molecule has 1 N–H and O–H groups in total. The van der Waals surface area contributed by atoms with Crippen LogP contribution in [0.2, 0.25) is 5.02 Å². The van der Waals surface area contributed by atoms with E-state index < -0.39 is 0 Å². The van der Waals surface area contributed by atoms with Crippen molar-refractivity contribution in [2.45, 2.75) is 19.4 Å². The number of amides is 1. The average molecular weight is 477 g/mol. The standard InChI is InChI=1S/C24H25ClN8O/c25-19-6-2-1-5-18(19)17-27-20-8-9-22-28-29-23(33(22)30-20)10-11-24(34)32-15-13-31(14-16-32)21-7-3-4-12-26-21/h1-9,12H,10-11,13-17H2,(H,27,30). The van der Waals surface area contributed by atoms with Gasteiger partial charge in [-0.15, -0.1) is 15.3 Å². The summed E-state index contributed by atoms with van der Waals surface area (Å²) in [5, 5.41) is 17.1. The highest BCUT2D eigenvalue weighted by molar-refractivity contribution is 6.31. The van der Waals surface area contributed by atoms with Crippen LogP contribution in [0.15, 0.2) is 60.8 Å². The minimum absolute atomic E-state index is 0.116. The molecule has 4 aromatic rings. The van der Waals surface area contributed by atoms with Crippen molar-refractivity contribution in [2.24, 2.45) is 0 Å². The summed E-state index contributed by atoms with van der Waals surface area (Å²) in [6.07, 6.45) is 2.63. The summed E-state index contributed by atoms with van der Waals surface area (Å²) in [6, 6.07) is 17.3. The molecule has 34 heavy (non-hydrogen) atoms. The van der Waals surface area contributed by atoms with E-state index in [-0.39, 0.29) is 5.91 Å². The van der Waals surface area contributed by atoms with Crippen LogP contribution >= 0.6 is 11.6 Å². The lowest BCUT2D eigenvalue weighted by atomic mass is 10.2. The topological polar surface area (TPSA) is 91.5 Å². The Labute approximate surface area is 202 Å². The molecule has 0 aliphatic carbocycles. The molecule has 3 aromatic heterocycles. The van der Waals surface area contributed by atoms with Crippen molar-refractivity contribution < 1.29 is 4.79 Å². The molecule has 0 unspecified atom stereocenters. The molecular weight excluding hydrogens is 452 g/mol. The number of aromatic nitrogens is 5. The number of carbonyl (C=O) groups excluding carboxylic acids is 1. The number of pyridine rings is 1. The van der Waals surface area contributed by atoms with Crippen molar-refractivity contribution in [3.63, 3.8) is 0 Å². The molecule has 0 spiro atoms. The summed E-state index contributed by atoms with van der Waals surface area (Å²) in [6.45, 7) is 3.48. The molecule has 5 rings (SSSR count). The van der Waals surface area contributed by atoms with E-state index in [0.29, 0.717) is 54.8 Å². The van der Waals surface area contributed by atoms with Gasteiger partial charge in [-0.25, -0.2) is 4.98 Å². The number of anilines is 2. The highest BCUT2D eigenvalue weighted by Gasteiger charge is 2.22. The lowest BCUT2D eigenvalue weighted by molar-refractivity contribution is -0.131. The summed E-state index contributed by atoms with van der Waals surface area (Å²) < 4.78 is 1.70. The fourth-order valence-electron chi connectivity index (χ4n) is 4.01. The Hall–Kier alpha value is -3.72. The van der Waals surface area contributed by atoms with Crippen molar-refractivity contribution in [3.8, 4) is 0 Å². The van der Waals surface area contributed by atoms with Crippen LogP contribution in [0.25, 0.3) is 5.65 Å². The minimum Gasteiger partial charge on any atom is -0.364 e. The van der Waals surface area contributed by atoms with E-state index in [2.05, 4.69) is 30.5 Å². The molecule has 1 saturated heterocycles. The van der Waals surface area contributed by atoms with Gasteiger partial charge in [0, 0.05) is 56.8 Å². The maximum Gasteiger partial charge on any atom is 0.223 e. The van der Waals surface area contributed by atoms with E-state index in [1.807, 2.05) is 59.5 Å². The van der Waals surface area contributed by atoms with Gasteiger partial charge in [0.25, 0.3) is 0 Å². The molecule has 1 aliphatic heterocycles. The fraction of sp³-hybridized carbons (Fsp3) is 0.292. The summed E-state index contributed by atoms with van der Waals surface area (Å²) in [4.78, 5) is 21.3. The lowest BCUT2D eigenvalue weighted by Gasteiger charge is -2.35. The number of carbonyl (C=O) groups is 1. The van der Waals surface area contributed by atoms with Crippen molar-refractivity contribution in [3.05, 3.63) is 77.2 Å². The van der Waals surface area contributed by atoms with E-state index in [0.717, 1.165) is 24.5 Å². The Morgan fingerprint density at radius 1 is 0.971 bits per heavy atom. The molecule has 4 heterocycles. The van der Waals surface area contributed by atoms with Gasteiger partial charge in [0.15, 0.2) is 11.5 Å². The van der Waals surface area contributed by atoms with E-state index in [4.69, 9.17) is 11.6 Å². The molecule has 1 amide bonds. The maximum atomic E-state index is 12.8. The zero-order chi connectivity index (χ0) is 23.3. The van der Waals surface area contributed by atoms with Gasteiger partial charge < -0.3 is 15.1 Å². The normalized spacial score (nSPS) is 13.9. The number of fused-ring (bicyclic) bond motifs is 1. The van der Waals surface area contributed by atoms with Gasteiger partial charge in [0.2, 0.25) is 5.91 Å². The van der Waals surface area contributed by atoms with Gasteiger partial charge in [-0.3, -0.25) is 4.79 Å². The molecular formula is C24H25ClN8O. The molecule has 0 saturated carbocycles. The van der Waals surface area contributed by atoms with E-state index in [1.165, 1.54) is 0 Å². The summed E-state index contributed by atoms with van der Waals surface area (Å²) in [5.41, 5.74) is 1.64. The van der Waals surface area contributed by atoms with Gasteiger partial charge in [0.05, 0.1) is 0 Å². The number of hydrogen-bond acceptors (Lipinski definition) is 7. The van der Waals surface area contributed by atoms with E-state index >= 15 is 0 Å². The quantitative estimate of drug-likeness (QED) is 0.438.